The maximum absolute atomic E-state index is 10.9. The maximum Gasteiger partial charge on any atom is 0.309 e. The largest absolute Gasteiger partial charge is 0.469 e. The molecule has 0 aromatic rings. The van der Waals surface area contributed by atoms with Crippen LogP contribution in [0.3, 0.4) is 0 Å². The van der Waals surface area contributed by atoms with Crippen molar-refractivity contribution in [2.45, 2.75) is 12.8 Å². The van der Waals surface area contributed by atoms with Crippen molar-refractivity contribution in [3.63, 3.8) is 0 Å². The van der Waals surface area contributed by atoms with Gasteiger partial charge >= 0.3 is 5.97 Å². The maximum atomic E-state index is 10.9. The molecule has 2 N–H and O–H groups in total. The van der Waals surface area contributed by atoms with Gasteiger partial charge in [-0.15, -0.1) is 0 Å². The van der Waals surface area contributed by atoms with Crippen molar-refractivity contribution in [3.05, 3.63) is 0 Å². The first-order valence-corrected chi connectivity index (χ1v) is 3.54. The van der Waals surface area contributed by atoms with Crippen LogP contribution in [0.2, 0.25) is 0 Å². The standard InChI is InChI=1S/C7H11NO3/c1-11-7(10)5-3-2-4(5)6(8)9/h4-5H,2-3H2,1H3,(H2,8,9)/t4-,5+/m1/s1. The van der Waals surface area contributed by atoms with Crippen LogP contribution in [0.15, 0.2) is 0 Å². The number of amides is 1. The molecule has 2 atom stereocenters. The van der Waals surface area contributed by atoms with Gasteiger partial charge in [-0.2, -0.15) is 0 Å². The summed E-state index contributed by atoms with van der Waals surface area (Å²) in [6.45, 7) is 0. The molecule has 0 radical (unpaired) electrons. The topological polar surface area (TPSA) is 69.4 Å². The Morgan fingerprint density at radius 3 is 2.18 bits per heavy atom. The highest BCUT2D eigenvalue weighted by atomic mass is 16.5. The first-order valence-electron chi connectivity index (χ1n) is 3.54. The van der Waals surface area contributed by atoms with Crippen molar-refractivity contribution in [3.8, 4) is 0 Å². The van der Waals surface area contributed by atoms with Crippen LogP contribution in [-0.4, -0.2) is 19.0 Å². The summed E-state index contributed by atoms with van der Waals surface area (Å²) < 4.78 is 4.49. The Labute approximate surface area is 64.7 Å². The van der Waals surface area contributed by atoms with Crippen molar-refractivity contribution < 1.29 is 14.3 Å². The molecule has 4 heteroatoms. The van der Waals surface area contributed by atoms with Crippen LogP contribution >= 0.6 is 0 Å². The minimum Gasteiger partial charge on any atom is -0.469 e. The number of nitrogens with two attached hydrogens (primary N) is 1. The first-order chi connectivity index (χ1) is 5.16. The zero-order valence-corrected chi connectivity index (χ0v) is 6.37. The predicted molar refractivity (Wildman–Crippen MR) is 37.4 cm³/mol. The Hall–Kier alpha value is -1.06. The summed E-state index contributed by atoms with van der Waals surface area (Å²) in [6, 6.07) is 0. The number of ether oxygens (including phenoxy) is 1. The quantitative estimate of drug-likeness (QED) is 0.558. The van der Waals surface area contributed by atoms with Gasteiger partial charge in [-0.25, -0.2) is 0 Å². The number of methoxy groups -OCH3 is 1. The third-order valence-corrected chi connectivity index (χ3v) is 2.14. The van der Waals surface area contributed by atoms with Crippen LogP contribution in [-0.2, 0) is 14.3 Å². The van der Waals surface area contributed by atoms with Crippen molar-refractivity contribution in [1.82, 2.24) is 0 Å². The van der Waals surface area contributed by atoms with Gasteiger partial charge < -0.3 is 10.5 Å². The minimum atomic E-state index is -0.397. The van der Waals surface area contributed by atoms with Crippen LogP contribution in [0.4, 0.5) is 0 Å². The van der Waals surface area contributed by atoms with Gasteiger partial charge in [0.2, 0.25) is 5.91 Å². The SMILES string of the molecule is COC(=O)[C@H]1CC[C@H]1C(N)=O. The Morgan fingerprint density at radius 2 is 1.91 bits per heavy atom. The predicted octanol–water partition coefficient (Wildman–Crippen LogP) is -0.329. The molecule has 1 aliphatic rings. The van der Waals surface area contributed by atoms with Gasteiger partial charge in [0, 0.05) is 0 Å². The van der Waals surface area contributed by atoms with E-state index in [1.165, 1.54) is 7.11 Å². The van der Waals surface area contributed by atoms with E-state index in [-0.39, 0.29) is 17.8 Å². The molecule has 62 valence electrons. The van der Waals surface area contributed by atoms with E-state index in [9.17, 15) is 9.59 Å². The van der Waals surface area contributed by atoms with Crippen LogP contribution in [0, 0.1) is 11.8 Å². The fourth-order valence-electron chi connectivity index (χ4n) is 1.27. The normalized spacial score (nSPS) is 28.8. The van der Waals surface area contributed by atoms with Crippen LogP contribution in [0.5, 0.6) is 0 Å². The smallest absolute Gasteiger partial charge is 0.309 e. The average Bonchev–Trinajstić information content (AvgIpc) is 1.83. The lowest BCUT2D eigenvalue weighted by Crippen LogP contribution is -2.42. The molecule has 0 bridgehead atoms. The van der Waals surface area contributed by atoms with Crippen LogP contribution in [0.25, 0.3) is 0 Å². The number of carbonyl (C=O) groups is 2. The zero-order valence-electron chi connectivity index (χ0n) is 6.37. The van der Waals surface area contributed by atoms with Gasteiger partial charge in [0.15, 0.2) is 0 Å². The second-order valence-electron chi connectivity index (χ2n) is 2.72. The van der Waals surface area contributed by atoms with E-state index in [0.717, 1.165) is 12.8 Å². The number of esters is 1. The molecule has 1 fully saturated rings. The molecule has 11 heavy (non-hydrogen) atoms. The number of carbonyl (C=O) groups excluding carboxylic acids is 2. The monoisotopic (exact) mass is 157 g/mol. The zero-order chi connectivity index (χ0) is 8.43. The molecular weight excluding hydrogens is 146 g/mol. The highest BCUT2D eigenvalue weighted by molar-refractivity contribution is 5.85. The molecule has 4 nitrogen and oxygen atoms in total. The highest BCUT2D eigenvalue weighted by Gasteiger charge is 2.40. The van der Waals surface area contributed by atoms with E-state index in [1.807, 2.05) is 0 Å². The average molecular weight is 157 g/mol. The second kappa shape index (κ2) is 2.90. The summed E-state index contributed by atoms with van der Waals surface area (Å²) in [5.74, 6) is -1.29. The highest BCUT2D eigenvalue weighted by Crippen LogP contribution is 2.34. The summed E-state index contributed by atoms with van der Waals surface area (Å²) in [5, 5.41) is 0. The van der Waals surface area contributed by atoms with Crippen molar-refractivity contribution in [1.29, 1.82) is 0 Å². The van der Waals surface area contributed by atoms with Gasteiger partial charge in [0.25, 0.3) is 0 Å². The van der Waals surface area contributed by atoms with Crippen molar-refractivity contribution in [2.75, 3.05) is 7.11 Å². The lowest BCUT2D eigenvalue weighted by atomic mass is 9.73. The Balaban J connectivity index is 2.49. The van der Waals surface area contributed by atoms with Gasteiger partial charge in [-0.1, -0.05) is 0 Å². The van der Waals surface area contributed by atoms with Gasteiger partial charge in [0.05, 0.1) is 18.9 Å². The second-order valence-corrected chi connectivity index (χ2v) is 2.72. The number of hydrogen-bond donors (Lipinski definition) is 1. The summed E-state index contributed by atoms with van der Waals surface area (Å²) in [6.07, 6.45) is 1.44. The van der Waals surface area contributed by atoms with Crippen molar-refractivity contribution >= 4 is 11.9 Å². The molecule has 0 aliphatic heterocycles. The molecule has 0 unspecified atom stereocenters. The van der Waals surface area contributed by atoms with Gasteiger partial charge in [0.1, 0.15) is 0 Å². The number of hydrogen-bond acceptors (Lipinski definition) is 3. The fourth-order valence-corrected chi connectivity index (χ4v) is 1.27. The van der Waals surface area contributed by atoms with Crippen LogP contribution < -0.4 is 5.73 Å². The third kappa shape index (κ3) is 1.34. The van der Waals surface area contributed by atoms with E-state index < -0.39 is 5.91 Å². The fraction of sp³-hybridized carbons (Fsp3) is 0.714. The third-order valence-electron chi connectivity index (χ3n) is 2.14. The molecule has 0 aromatic heterocycles. The summed E-state index contributed by atoms with van der Waals surface area (Å²) >= 11 is 0. The van der Waals surface area contributed by atoms with E-state index in [4.69, 9.17) is 5.73 Å². The van der Waals surface area contributed by atoms with Crippen LogP contribution in [0.1, 0.15) is 12.8 Å². The van der Waals surface area contributed by atoms with Gasteiger partial charge in [-0.05, 0) is 12.8 Å². The molecule has 0 heterocycles. The van der Waals surface area contributed by atoms with E-state index in [2.05, 4.69) is 4.74 Å². The minimum absolute atomic E-state index is 0.280. The Kier molecular flexibility index (Phi) is 2.12. The molecule has 0 aromatic carbocycles. The molecule has 0 spiro atoms. The molecule has 1 rings (SSSR count). The molecule has 0 saturated heterocycles. The van der Waals surface area contributed by atoms with Gasteiger partial charge in [-0.3, -0.25) is 9.59 Å². The molecular formula is C7H11NO3. The van der Waals surface area contributed by atoms with E-state index in [1.54, 1.807) is 0 Å². The van der Waals surface area contributed by atoms with E-state index in [0.29, 0.717) is 0 Å². The number of primary amides is 1. The molecule has 1 amide bonds. The summed E-state index contributed by atoms with van der Waals surface area (Å²) in [7, 11) is 1.32. The summed E-state index contributed by atoms with van der Waals surface area (Å²) in [4.78, 5) is 21.5. The summed E-state index contributed by atoms with van der Waals surface area (Å²) in [5.41, 5.74) is 5.03. The lowest BCUT2D eigenvalue weighted by Gasteiger charge is -2.31. The molecule has 1 aliphatic carbocycles. The lowest BCUT2D eigenvalue weighted by molar-refractivity contribution is -0.155. The first kappa shape index (κ1) is 8.04. The van der Waals surface area contributed by atoms with Crippen molar-refractivity contribution in [2.24, 2.45) is 17.6 Å². The Bertz CT molecular complexity index is 190. The molecule has 1 saturated carbocycles. The Morgan fingerprint density at radius 1 is 1.36 bits per heavy atom. The number of rotatable bonds is 2. The van der Waals surface area contributed by atoms with E-state index >= 15 is 0 Å².